The number of thiophene rings is 1. The maximum atomic E-state index is 12.2. The Kier molecular flexibility index (Phi) is 5.14. The molecule has 142 valence electrons. The van der Waals surface area contributed by atoms with E-state index in [0.29, 0.717) is 18.8 Å². The van der Waals surface area contributed by atoms with Gasteiger partial charge in [-0.3, -0.25) is 19.7 Å². The van der Waals surface area contributed by atoms with Gasteiger partial charge >= 0.3 is 0 Å². The molecule has 0 bridgehead atoms. The molecule has 2 aromatic rings. The van der Waals surface area contributed by atoms with E-state index in [1.54, 1.807) is 11.3 Å². The van der Waals surface area contributed by atoms with Crippen LogP contribution in [0.15, 0.2) is 5.03 Å². The van der Waals surface area contributed by atoms with Gasteiger partial charge in [-0.15, -0.1) is 11.3 Å². The third-order valence-electron chi connectivity index (χ3n) is 4.77. The summed E-state index contributed by atoms with van der Waals surface area (Å²) in [7, 11) is 0. The van der Waals surface area contributed by atoms with E-state index in [2.05, 4.69) is 15.3 Å². The van der Waals surface area contributed by atoms with Crippen molar-refractivity contribution in [3.63, 3.8) is 0 Å². The molecule has 4 rings (SSSR count). The third kappa shape index (κ3) is 3.84. The van der Waals surface area contributed by atoms with Gasteiger partial charge in [0.1, 0.15) is 15.7 Å². The first kappa shape index (κ1) is 18.4. The number of amides is 3. The Balaban J connectivity index is 1.40. The minimum absolute atomic E-state index is 0.0304. The number of rotatable bonds is 5. The molecular formula is C18H20N4O3S2. The molecule has 2 aromatic heterocycles. The van der Waals surface area contributed by atoms with E-state index < -0.39 is 5.91 Å². The maximum Gasteiger partial charge on any atom is 0.246 e. The van der Waals surface area contributed by atoms with Crippen LogP contribution in [0.25, 0.3) is 10.2 Å². The van der Waals surface area contributed by atoms with Crippen LogP contribution in [-0.2, 0) is 27.2 Å². The lowest BCUT2D eigenvalue weighted by molar-refractivity contribution is -0.135. The number of hydrogen-bond acceptors (Lipinski definition) is 7. The molecule has 7 nitrogen and oxygen atoms in total. The molecule has 2 aliphatic rings. The Morgan fingerprint density at radius 1 is 1.19 bits per heavy atom. The van der Waals surface area contributed by atoms with Crippen LogP contribution < -0.4 is 5.32 Å². The summed E-state index contributed by atoms with van der Waals surface area (Å²) in [6.07, 6.45) is 4.52. The highest BCUT2D eigenvalue weighted by molar-refractivity contribution is 8.00. The highest BCUT2D eigenvalue weighted by Crippen LogP contribution is 2.40. The minimum atomic E-state index is -0.434. The molecule has 0 atom stereocenters. The largest absolute Gasteiger partial charge is 0.333 e. The highest BCUT2D eigenvalue weighted by atomic mass is 32.2. The second kappa shape index (κ2) is 7.55. The average Bonchev–Trinajstić information content (AvgIpc) is 3.29. The number of aromatic nitrogens is 2. The number of aryl methyl sites for hydroxylation is 3. The smallest absolute Gasteiger partial charge is 0.246 e. The lowest BCUT2D eigenvalue weighted by Gasteiger charge is -2.14. The van der Waals surface area contributed by atoms with Crippen LogP contribution in [0.1, 0.15) is 35.5 Å². The van der Waals surface area contributed by atoms with Gasteiger partial charge in [0, 0.05) is 23.2 Å². The summed E-state index contributed by atoms with van der Waals surface area (Å²) in [6.45, 7) is 2.38. The molecule has 0 unspecified atom stereocenters. The van der Waals surface area contributed by atoms with Gasteiger partial charge in [0.25, 0.3) is 0 Å². The summed E-state index contributed by atoms with van der Waals surface area (Å²) in [5, 5.41) is 4.26. The average molecular weight is 405 g/mol. The first-order chi connectivity index (χ1) is 13.0. The summed E-state index contributed by atoms with van der Waals surface area (Å²) < 4.78 is 0. The lowest BCUT2D eigenvalue weighted by Crippen LogP contribution is -2.41. The fraction of sp³-hybridized carbons (Fsp3) is 0.500. The van der Waals surface area contributed by atoms with E-state index in [0.717, 1.165) is 40.9 Å². The van der Waals surface area contributed by atoms with E-state index in [4.69, 9.17) is 0 Å². The van der Waals surface area contributed by atoms with Crippen LogP contribution in [0, 0.1) is 6.92 Å². The quantitative estimate of drug-likeness (QED) is 0.604. The second-order valence-corrected chi connectivity index (χ2v) is 8.84. The van der Waals surface area contributed by atoms with Crippen molar-refractivity contribution in [1.82, 2.24) is 20.2 Å². The normalized spacial score (nSPS) is 16.2. The van der Waals surface area contributed by atoms with E-state index in [9.17, 15) is 14.4 Å². The number of thioether (sulfide) groups is 1. The number of nitrogens with one attached hydrogen (secondary N) is 1. The van der Waals surface area contributed by atoms with Crippen LogP contribution in [0.4, 0.5) is 0 Å². The van der Waals surface area contributed by atoms with Gasteiger partial charge in [0.05, 0.1) is 12.3 Å². The fourth-order valence-corrected chi connectivity index (χ4v) is 5.85. The topological polar surface area (TPSA) is 92.3 Å². The molecule has 1 aliphatic carbocycles. The minimum Gasteiger partial charge on any atom is -0.333 e. The monoisotopic (exact) mass is 404 g/mol. The molecule has 1 aliphatic heterocycles. The molecule has 0 aromatic carbocycles. The molecule has 0 spiro atoms. The molecule has 0 saturated carbocycles. The molecular weight excluding hydrogens is 384 g/mol. The predicted octanol–water partition coefficient (Wildman–Crippen LogP) is 1.85. The summed E-state index contributed by atoms with van der Waals surface area (Å²) in [5.74, 6) is -0.0362. The first-order valence-corrected chi connectivity index (χ1v) is 10.8. The molecule has 27 heavy (non-hydrogen) atoms. The van der Waals surface area contributed by atoms with Crippen LogP contribution in [-0.4, -0.2) is 51.4 Å². The van der Waals surface area contributed by atoms with E-state index in [1.165, 1.54) is 27.1 Å². The lowest BCUT2D eigenvalue weighted by atomic mass is 10.2. The van der Waals surface area contributed by atoms with Gasteiger partial charge in [-0.05, 0) is 38.2 Å². The summed E-state index contributed by atoms with van der Waals surface area (Å²) >= 11 is 3.06. The van der Waals surface area contributed by atoms with E-state index in [1.807, 2.05) is 6.92 Å². The number of imide groups is 1. The fourth-order valence-electron chi connectivity index (χ4n) is 3.58. The van der Waals surface area contributed by atoms with Gasteiger partial charge < -0.3 is 4.90 Å². The first-order valence-electron chi connectivity index (χ1n) is 9.03. The van der Waals surface area contributed by atoms with Gasteiger partial charge in [0.2, 0.25) is 17.7 Å². The Hall–Kier alpha value is -2.00. The maximum absolute atomic E-state index is 12.2. The number of nitrogens with zero attached hydrogens (tertiary/aromatic N) is 3. The molecule has 1 saturated heterocycles. The molecule has 1 N–H and O–H groups in total. The molecule has 1 fully saturated rings. The zero-order chi connectivity index (χ0) is 19.0. The Morgan fingerprint density at radius 2 is 2.04 bits per heavy atom. The van der Waals surface area contributed by atoms with Crippen molar-refractivity contribution >= 4 is 51.0 Å². The van der Waals surface area contributed by atoms with Crippen molar-refractivity contribution in [1.29, 1.82) is 0 Å². The van der Waals surface area contributed by atoms with Crippen LogP contribution in [0.2, 0.25) is 0 Å². The van der Waals surface area contributed by atoms with Crippen LogP contribution in [0.3, 0.4) is 0 Å². The van der Waals surface area contributed by atoms with Crippen LogP contribution >= 0.6 is 23.1 Å². The molecule has 0 radical (unpaired) electrons. The van der Waals surface area contributed by atoms with Gasteiger partial charge in [0.15, 0.2) is 0 Å². The second-order valence-electron chi connectivity index (χ2n) is 6.79. The molecule has 3 heterocycles. The van der Waals surface area contributed by atoms with E-state index in [-0.39, 0.29) is 24.1 Å². The Morgan fingerprint density at radius 3 is 2.81 bits per heavy atom. The van der Waals surface area contributed by atoms with Gasteiger partial charge in [-0.1, -0.05) is 11.8 Å². The van der Waals surface area contributed by atoms with E-state index >= 15 is 0 Å². The zero-order valence-electron chi connectivity index (χ0n) is 15.0. The van der Waals surface area contributed by atoms with Crippen molar-refractivity contribution in [3.8, 4) is 0 Å². The summed E-state index contributed by atoms with van der Waals surface area (Å²) in [5.41, 5.74) is 1.32. The Bertz CT molecular complexity index is 940. The molecule has 3 amide bonds. The van der Waals surface area contributed by atoms with Crippen molar-refractivity contribution < 1.29 is 14.4 Å². The highest BCUT2D eigenvalue weighted by Gasteiger charge is 2.24. The number of carbonyl (C=O) groups excluding carboxylic acids is 3. The Labute approximate surface area is 164 Å². The number of likely N-dealkylation sites (tertiary alicyclic amines) is 1. The van der Waals surface area contributed by atoms with Crippen molar-refractivity contribution in [2.24, 2.45) is 0 Å². The van der Waals surface area contributed by atoms with Crippen molar-refractivity contribution in [2.45, 2.75) is 44.1 Å². The molecule has 9 heteroatoms. The third-order valence-corrected chi connectivity index (χ3v) is 6.93. The summed E-state index contributed by atoms with van der Waals surface area (Å²) in [6, 6.07) is 0. The standard InChI is InChI=1S/C18H20N4O3S2/c1-10-19-17(16-11-4-2-5-12(11)27-18(16)20-10)26-9-14(24)21-13(23)8-22-7-3-6-15(22)25/h2-9H2,1H3,(H,21,23,24). The predicted molar refractivity (Wildman–Crippen MR) is 104 cm³/mol. The number of fused-ring (bicyclic) bond motifs is 3. The zero-order valence-corrected chi connectivity index (χ0v) is 16.7. The van der Waals surface area contributed by atoms with Crippen molar-refractivity contribution in [3.05, 3.63) is 16.3 Å². The van der Waals surface area contributed by atoms with Gasteiger partial charge in [-0.25, -0.2) is 9.97 Å². The summed E-state index contributed by atoms with van der Waals surface area (Å²) in [4.78, 5) is 48.7. The number of hydrogen-bond donors (Lipinski definition) is 1. The van der Waals surface area contributed by atoms with Crippen molar-refractivity contribution in [2.75, 3.05) is 18.8 Å². The SMILES string of the molecule is Cc1nc(SCC(=O)NC(=O)CN2CCCC2=O)c2c3c(sc2n1)CCC3. The van der Waals surface area contributed by atoms with Crippen LogP contribution in [0.5, 0.6) is 0 Å². The number of carbonyl (C=O) groups is 3. The van der Waals surface area contributed by atoms with Gasteiger partial charge in [-0.2, -0.15) is 0 Å².